The number of hydrogen-bond donors (Lipinski definition) is 2. The van der Waals surface area contributed by atoms with Crippen molar-refractivity contribution < 1.29 is 12.8 Å². The number of pyridine rings is 1. The van der Waals surface area contributed by atoms with Crippen molar-refractivity contribution in [2.45, 2.75) is 26.7 Å². The summed E-state index contributed by atoms with van der Waals surface area (Å²) in [6.45, 7) is 3.50. The van der Waals surface area contributed by atoms with E-state index in [1.54, 1.807) is 13.0 Å². The maximum atomic E-state index is 14.2. The zero-order chi connectivity index (χ0) is 19.5. The van der Waals surface area contributed by atoms with E-state index in [-0.39, 0.29) is 28.5 Å². The van der Waals surface area contributed by atoms with Crippen molar-refractivity contribution in [2.75, 3.05) is 15.8 Å². The molecule has 26 heavy (non-hydrogen) atoms. The molecule has 0 aliphatic heterocycles. The lowest BCUT2D eigenvalue weighted by atomic mass is 10.2. The third-order valence-corrected chi connectivity index (χ3v) is 5.84. The molecule has 0 amide bonds. The van der Waals surface area contributed by atoms with Gasteiger partial charge in [-0.05, 0) is 60.2 Å². The molecule has 142 valence electrons. The number of nitrogens with zero attached hydrogens (tertiary/aromatic N) is 1. The molecule has 0 bridgehead atoms. The Kier molecular flexibility index (Phi) is 6.67. The fourth-order valence-electron chi connectivity index (χ4n) is 2.39. The van der Waals surface area contributed by atoms with E-state index >= 15 is 0 Å². The van der Waals surface area contributed by atoms with Gasteiger partial charge in [-0.25, -0.2) is 12.8 Å². The van der Waals surface area contributed by atoms with Gasteiger partial charge in [-0.3, -0.25) is 14.1 Å². The SMILES string of the molecule is CCCCS(=O)(=O)Nc1cc(C)c(=O)n(C)c1Nc1ccc(I)cc1F. The number of hydrogen-bond acceptors (Lipinski definition) is 4. The molecule has 1 heterocycles. The van der Waals surface area contributed by atoms with E-state index in [1.165, 1.54) is 29.8 Å². The van der Waals surface area contributed by atoms with Gasteiger partial charge in [0.15, 0.2) is 0 Å². The van der Waals surface area contributed by atoms with Crippen LogP contribution in [0.15, 0.2) is 29.1 Å². The van der Waals surface area contributed by atoms with Gasteiger partial charge in [-0.15, -0.1) is 0 Å². The Morgan fingerprint density at radius 3 is 2.54 bits per heavy atom. The van der Waals surface area contributed by atoms with Gasteiger partial charge in [-0.2, -0.15) is 0 Å². The molecule has 0 spiro atoms. The third-order valence-electron chi connectivity index (χ3n) is 3.81. The molecule has 0 radical (unpaired) electrons. The van der Waals surface area contributed by atoms with Crippen molar-refractivity contribution in [3.8, 4) is 0 Å². The van der Waals surface area contributed by atoms with Crippen molar-refractivity contribution in [2.24, 2.45) is 7.05 Å². The van der Waals surface area contributed by atoms with Gasteiger partial charge in [0.25, 0.3) is 5.56 Å². The molecule has 0 fully saturated rings. The van der Waals surface area contributed by atoms with Crippen molar-refractivity contribution in [3.05, 3.63) is 49.6 Å². The molecule has 9 heteroatoms. The van der Waals surface area contributed by atoms with Crippen molar-refractivity contribution in [1.82, 2.24) is 4.57 Å². The Bertz CT molecular complexity index is 974. The van der Waals surface area contributed by atoms with Gasteiger partial charge in [0.2, 0.25) is 10.0 Å². The van der Waals surface area contributed by atoms with E-state index in [0.29, 0.717) is 12.0 Å². The minimum atomic E-state index is -3.58. The normalized spacial score (nSPS) is 11.4. The first-order chi connectivity index (χ1) is 12.1. The fraction of sp³-hybridized carbons (Fsp3) is 0.353. The summed E-state index contributed by atoms with van der Waals surface area (Å²) < 4.78 is 43.3. The highest BCUT2D eigenvalue weighted by Gasteiger charge is 2.17. The minimum Gasteiger partial charge on any atom is -0.337 e. The van der Waals surface area contributed by atoms with Crippen molar-refractivity contribution >= 4 is 49.8 Å². The molecule has 2 rings (SSSR count). The molecular weight excluding hydrogens is 472 g/mol. The molecule has 0 unspecified atom stereocenters. The average molecular weight is 493 g/mol. The van der Waals surface area contributed by atoms with Gasteiger partial charge in [0.1, 0.15) is 11.6 Å². The molecule has 2 aromatic rings. The van der Waals surface area contributed by atoms with Crippen LogP contribution in [0.5, 0.6) is 0 Å². The third kappa shape index (κ3) is 4.97. The molecule has 1 aromatic carbocycles. The molecule has 0 atom stereocenters. The highest BCUT2D eigenvalue weighted by atomic mass is 127. The first-order valence-corrected chi connectivity index (χ1v) is 10.8. The molecule has 2 N–H and O–H groups in total. The van der Waals surface area contributed by atoms with Crippen LogP contribution in [0.2, 0.25) is 0 Å². The lowest BCUT2D eigenvalue weighted by molar-refractivity contribution is 0.598. The molecule has 0 saturated heterocycles. The van der Waals surface area contributed by atoms with Crippen LogP contribution in [-0.4, -0.2) is 18.7 Å². The zero-order valence-electron chi connectivity index (χ0n) is 14.8. The summed E-state index contributed by atoms with van der Waals surface area (Å²) in [7, 11) is -2.07. The van der Waals surface area contributed by atoms with Crippen LogP contribution >= 0.6 is 22.6 Å². The Balaban J connectivity index is 2.50. The predicted octanol–water partition coefficient (Wildman–Crippen LogP) is 3.72. The zero-order valence-corrected chi connectivity index (χ0v) is 17.7. The Labute approximate surface area is 166 Å². The van der Waals surface area contributed by atoms with Gasteiger partial charge >= 0.3 is 0 Å². The van der Waals surface area contributed by atoms with Crippen LogP contribution in [-0.2, 0) is 17.1 Å². The number of benzene rings is 1. The highest BCUT2D eigenvalue weighted by molar-refractivity contribution is 14.1. The number of rotatable bonds is 7. The molecule has 0 aliphatic rings. The highest BCUT2D eigenvalue weighted by Crippen LogP contribution is 2.28. The Morgan fingerprint density at radius 1 is 1.23 bits per heavy atom. The summed E-state index contributed by atoms with van der Waals surface area (Å²) in [5.41, 5.74) is 0.446. The Morgan fingerprint density at radius 2 is 1.92 bits per heavy atom. The monoisotopic (exact) mass is 493 g/mol. The standard InChI is InChI=1S/C17H21FIN3O3S/c1-4-5-8-26(24,25)21-15-9-11(2)17(23)22(3)16(15)20-14-7-6-12(19)10-13(14)18/h6-7,9-10,20-21H,4-5,8H2,1-3H3. The summed E-state index contributed by atoms with van der Waals surface area (Å²) >= 11 is 1.99. The lowest BCUT2D eigenvalue weighted by Crippen LogP contribution is -2.25. The van der Waals surface area contributed by atoms with E-state index < -0.39 is 15.8 Å². The Hall–Kier alpha value is -1.62. The van der Waals surface area contributed by atoms with Crippen LogP contribution in [0.25, 0.3) is 0 Å². The second kappa shape index (κ2) is 8.38. The largest absolute Gasteiger partial charge is 0.337 e. The first-order valence-electron chi connectivity index (χ1n) is 8.08. The summed E-state index contributed by atoms with van der Waals surface area (Å²) in [5.74, 6) is -0.339. The van der Waals surface area contributed by atoms with E-state index in [1.807, 2.05) is 29.5 Å². The van der Waals surface area contributed by atoms with Gasteiger partial charge in [-0.1, -0.05) is 13.3 Å². The van der Waals surface area contributed by atoms with E-state index in [4.69, 9.17) is 0 Å². The van der Waals surface area contributed by atoms with E-state index in [2.05, 4.69) is 10.0 Å². The second-order valence-electron chi connectivity index (χ2n) is 5.98. The van der Waals surface area contributed by atoms with Crippen LogP contribution in [0.1, 0.15) is 25.3 Å². The van der Waals surface area contributed by atoms with Crippen LogP contribution < -0.4 is 15.6 Å². The number of aryl methyl sites for hydroxylation is 1. The van der Waals surface area contributed by atoms with E-state index in [9.17, 15) is 17.6 Å². The number of unbranched alkanes of at least 4 members (excludes halogenated alkanes) is 1. The quantitative estimate of drug-likeness (QED) is 0.577. The number of nitrogens with one attached hydrogen (secondary N) is 2. The summed E-state index contributed by atoms with van der Waals surface area (Å²) in [5, 5.41) is 2.84. The number of anilines is 3. The molecular formula is C17H21FIN3O3S. The fourth-order valence-corrected chi connectivity index (χ4v) is 4.11. The number of sulfonamides is 1. The molecule has 1 aromatic heterocycles. The topological polar surface area (TPSA) is 80.2 Å². The summed E-state index contributed by atoms with van der Waals surface area (Å²) in [6.07, 6.45) is 1.26. The maximum absolute atomic E-state index is 14.2. The summed E-state index contributed by atoms with van der Waals surface area (Å²) in [4.78, 5) is 12.3. The first kappa shape index (κ1) is 20.7. The molecule has 0 saturated carbocycles. The number of aromatic nitrogens is 1. The van der Waals surface area contributed by atoms with Gasteiger partial charge in [0.05, 0.1) is 17.1 Å². The van der Waals surface area contributed by atoms with Crippen LogP contribution in [0, 0.1) is 16.3 Å². The minimum absolute atomic E-state index is 0.0251. The lowest BCUT2D eigenvalue weighted by Gasteiger charge is -2.18. The van der Waals surface area contributed by atoms with Crippen LogP contribution in [0.3, 0.4) is 0 Å². The molecule has 6 nitrogen and oxygen atoms in total. The average Bonchev–Trinajstić information content (AvgIpc) is 2.56. The van der Waals surface area contributed by atoms with Crippen molar-refractivity contribution in [3.63, 3.8) is 0 Å². The van der Waals surface area contributed by atoms with Gasteiger partial charge < -0.3 is 5.32 Å². The van der Waals surface area contributed by atoms with E-state index in [0.717, 1.165) is 9.99 Å². The molecule has 0 aliphatic carbocycles. The predicted molar refractivity (Wildman–Crippen MR) is 111 cm³/mol. The maximum Gasteiger partial charge on any atom is 0.254 e. The summed E-state index contributed by atoms with van der Waals surface area (Å²) in [6, 6.07) is 6.05. The van der Waals surface area contributed by atoms with Crippen LogP contribution in [0.4, 0.5) is 21.6 Å². The smallest absolute Gasteiger partial charge is 0.254 e. The van der Waals surface area contributed by atoms with Crippen molar-refractivity contribution in [1.29, 1.82) is 0 Å². The second-order valence-corrected chi connectivity index (χ2v) is 9.06. The van der Waals surface area contributed by atoms with Gasteiger partial charge in [0, 0.05) is 16.2 Å². The number of halogens is 2.